The van der Waals surface area contributed by atoms with Crippen molar-refractivity contribution in [2.24, 2.45) is 5.73 Å². The van der Waals surface area contributed by atoms with Gasteiger partial charge in [0.25, 0.3) is 0 Å². The summed E-state index contributed by atoms with van der Waals surface area (Å²) in [6.07, 6.45) is 6.86. The van der Waals surface area contributed by atoms with Crippen molar-refractivity contribution in [3.05, 3.63) is 23.0 Å². The second kappa shape index (κ2) is 4.83. The fraction of sp³-hybridized carbons (Fsp3) is 0.615. The molecule has 1 aliphatic carbocycles. The van der Waals surface area contributed by atoms with Gasteiger partial charge in [-0.1, -0.05) is 5.57 Å². The van der Waals surface area contributed by atoms with Gasteiger partial charge in [-0.2, -0.15) is 5.10 Å². The average Bonchev–Trinajstić information content (AvgIpc) is 2.62. The Hall–Kier alpha value is -1.09. The molecule has 16 heavy (non-hydrogen) atoms. The number of aryl methyl sites for hydroxylation is 2. The third-order valence-corrected chi connectivity index (χ3v) is 3.26. The van der Waals surface area contributed by atoms with Crippen molar-refractivity contribution in [3.8, 4) is 0 Å². The summed E-state index contributed by atoms with van der Waals surface area (Å²) < 4.78 is 2.07. The summed E-state index contributed by atoms with van der Waals surface area (Å²) in [7, 11) is 0. The molecule has 0 radical (unpaired) electrons. The molecule has 2 N–H and O–H groups in total. The van der Waals surface area contributed by atoms with Gasteiger partial charge in [-0.25, -0.2) is 0 Å². The van der Waals surface area contributed by atoms with Gasteiger partial charge in [0.15, 0.2) is 0 Å². The standard InChI is InChI=1S/C13H21N3/c1-3-16-13(8-10(2)15-16)9-11-4-6-12(14)7-5-11/h8-9,12H,3-7,14H2,1-2H3. The van der Waals surface area contributed by atoms with Crippen LogP contribution in [-0.4, -0.2) is 15.8 Å². The van der Waals surface area contributed by atoms with Crippen LogP contribution in [0.5, 0.6) is 0 Å². The van der Waals surface area contributed by atoms with E-state index < -0.39 is 0 Å². The smallest absolute Gasteiger partial charge is 0.0612 e. The maximum Gasteiger partial charge on any atom is 0.0612 e. The Labute approximate surface area is 97.3 Å². The maximum atomic E-state index is 5.91. The first-order valence-electron chi connectivity index (χ1n) is 6.18. The Morgan fingerprint density at radius 3 is 2.81 bits per heavy atom. The Bertz CT molecular complexity index is 380. The van der Waals surface area contributed by atoms with Crippen molar-refractivity contribution in [2.75, 3.05) is 0 Å². The Kier molecular flexibility index (Phi) is 3.44. The van der Waals surface area contributed by atoms with Crippen LogP contribution < -0.4 is 5.73 Å². The van der Waals surface area contributed by atoms with Crippen LogP contribution in [0.4, 0.5) is 0 Å². The number of rotatable bonds is 2. The first-order chi connectivity index (χ1) is 7.69. The molecule has 1 aliphatic rings. The predicted molar refractivity (Wildman–Crippen MR) is 67.1 cm³/mol. The van der Waals surface area contributed by atoms with Gasteiger partial charge in [-0.3, -0.25) is 4.68 Å². The SMILES string of the molecule is CCn1nc(C)cc1C=C1CCC(N)CC1. The maximum absolute atomic E-state index is 5.91. The molecule has 1 saturated carbocycles. The number of aromatic nitrogens is 2. The minimum absolute atomic E-state index is 0.412. The Morgan fingerprint density at radius 1 is 1.50 bits per heavy atom. The van der Waals surface area contributed by atoms with Crippen LogP contribution in [0.25, 0.3) is 6.08 Å². The van der Waals surface area contributed by atoms with Crippen molar-refractivity contribution in [1.82, 2.24) is 9.78 Å². The van der Waals surface area contributed by atoms with E-state index in [1.165, 1.54) is 11.3 Å². The fourth-order valence-electron chi connectivity index (χ4n) is 2.30. The zero-order chi connectivity index (χ0) is 11.5. The number of hydrogen-bond donors (Lipinski definition) is 1. The molecule has 0 bridgehead atoms. The van der Waals surface area contributed by atoms with Crippen molar-refractivity contribution in [3.63, 3.8) is 0 Å². The lowest BCUT2D eigenvalue weighted by Crippen LogP contribution is -2.23. The van der Waals surface area contributed by atoms with Crippen molar-refractivity contribution in [2.45, 2.75) is 52.1 Å². The lowest BCUT2D eigenvalue weighted by Gasteiger charge is -2.20. The summed E-state index contributed by atoms with van der Waals surface area (Å²) in [5.41, 5.74) is 9.77. The molecule has 88 valence electrons. The predicted octanol–water partition coefficient (Wildman–Crippen LogP) is 2.50. The summed E-state index contributed by atoms with van der Waals surface area (Å²) in [6, 6.07) is 2.57. The average molecular weight is 219 g/mol. The van der Waals surface area contributed by atoms with E-state index in [9.17, 15) is 0 Å². The molecule has 0 spiro atoms. The summed E-state index contributed by atoms with van der Waals surface area (Å²) in [4.78, 5) is 0. The zero-order valence-electron chi connectivity index (χ0n) is 10.2. The van der Waals surface area contributed by atoms with E-state index in [4.69, 9.17) is 5.73 Å². The van der Waals surface area contributed by atoms with E-state index in [0.29, 0.717) is 6.04 Å². The van der Waals surface area contributed by atoms with E-state index in [1.807, 2.05) is 6.92 Å². The minimum atomic E-state index is 0.412. The van der Waals surface area contributed by atoms with Gasteiger partial charge in [-0.05, 0) is 51.7 Å². The highest BCUT2D eigenvalue weighted by Gasteiger charge is 2.13. The third kappa shape index (κ3) is 2.53. The van der Waals surface area contributed by atoms with Crippen molar-refractivity contribution >= 4 is 6.08 Å². The van der Waals surface area contributed by atoms with Crippen LogP contribution in [0.1, 0.15) is 44.0 Å². The minimum Gasteiger partial charge on any atom is -0.328 e. The van der Waals surface area contributed by atoms with E-state index in [0.717, 1.165) is 37.9 Å². The zero-order valence-corrected chi connectivity index (χ0v) is 10.2. The molecule has 1 aromatic rings. The van der Waals surface area contributed by atoms with Crippen LogP contribution in [0, 0.1) is 6.92 Å². The summed E-state index contributed by atoms with van der Waals surface area (Å²) >= 11 is 0. The largest absolute Gasteiger partial charge is 0.328 e. The number of allylic oxidation sites excluding steroid dienone is 1. The van der Waals surface area contributed by atoms with Gasteiger partial charge in [0.2, 0.25) is 0 Å². The topological polar surface area (TPSA) is 43.8 Å². The molecule has 0 unspecified atom stereocenters. The van der Waals surface area contributed by atoms with Gasteiger partial charge in [0.1, 0.15) is 0 Å². The summed E-state index contributed by atoms with van der Waals surface area (Å²) in [5.74, 6) is 0. The highest BCUT2D eigenvalue weighted by Crippen LogP contribution is 2.24. The van der Waals surface area contributed by atoms with E-state index in [-0.39, 0.29) is 0 Å². The van der Waals surface area contributed by atoms with E-state index in [2.05, 4.69) is 28.8 Å². The third-order valence-electron chi connectivity index (χ3n) is 3.26. The number of hydrogen-bond acceptors (Lipinski definition) is 2. The second-order valence-electron chi connectivity index (χ2n) is 4.67. The first kappa shape index (κ1) is 11.4. The van der Waals surface area contributed by atoms with Gasteiger partial charge >= 0.3 is 0 Å². The highest BCUT2D eigenvalue weighted by atomic mass is 15.3. The molecular formula is C13H21N3. The van der Waals surface area contributed by atoms with Crippen molar-refractivity contribution < 1.29 is 0 Å². The van der Waals surface area contributed by atoms with E-state index in [1.54, 1.807) is 0 Å². The van der Waals surface area contributed by atoms with Gasteiger partial charge in [-0.15, -0.1) is 0 Å². The Morgan fingerprint density at radius 2 is 2.19 bits per heavy atom. The lowest BCUT2D eigenvalue weighted by molar-refractivity contribution is 0.513. The molecule has 2 rings (SSSR count). The summed E-state index contributed by atoms with van der Waals surface area (Å²) in [6.45, 7) is 5.11. The molecule has 0 aromatic carbocycles. The van der Waals surface area contributed by atoms with E-state index >= 15 is 0 Å². The lowest BCUT2D eigenvalue weighted by atomic mass is 9.91. The molecule has 3 heteroatoms. The molecule has 0 saturated heterocycles. The van der Waals surface area contributed by atoms with Gasteiger partial charge in [0.05, 0.1) is 11.4 Å². The molecular weight excluding hydrogens is 198 g/mol. The monoisotopic (exact) mass is 219 g/mol. The van der Waals surface area contributed by atoms with Crippen LogP contribution in [0.2, 0.25) is 0 Å². The number of nitrogens with two attached hydrogens (primary N) is 1. The molecule has 1 heterocycles. The number of nitrogens with zero attached hydrogens (tertiary/aromatic N) is 2. The molecule has 0 aliphatic heterocycles. The molecule has 0 amide bonds. The molecule has 3 nitrogen and oxygen atoms in total. The second-order valence-corrected chi connectivity index (χ2v) is 4.67. The Balaban J connectivity index is 2.15. The van der Waals surface area contributed by atoms with Crippen LogP contribution >= 0.6 is 0 Å². The van der Waals surface area contributed by atoms with Crippen LogP contribution in [-0.2, 0) is 6.54 Å². The molecule has 1 fully saturated rings. The quantitative estimate of drug-likeness (QED) is 0.830. The fourth-order valence-corrected chi connectivity index (χ4v) is 2.30. The summed E-state index contributed by atoms with van der Waals surface area (Å²) in [5, 5.41) is 4.46. The molecule has 1 aromatic heterocycles. The van der Waals surface area contributed by atoms with Crippen LogP contribution in [0.3, 0.4) is 0 Å². The normalized spacial score (nSPS) is 21.2. The van der Waals surface area contributed by atoms with Gasteiger partial charge < -0.3 is 5.73 Å². The molecule has 0 atom stereocenters. The van der Waals surface area contributed by atoms with Crippen molar-refractivity contribution in [1.29, 1.82) is 0 Å². The highest BCUT2D eigenvalue weighted by molar-refractivity contribution is 5.50. The van der Waals surface area contributed by atoms with Crippen LogP contribution in [0.15, 0.2) is 11.6 Å². The first-order valence-corrected chi connectivity index (χ1v) is 6.18. The van der Waals surface area contributed by atoms with Gasteiger partial charge in [0, 0.05) is 12.6 Å².